The summed E-state index contributed by atoms with van der Waals surface area (Å²) >= 11 is 0. The van der Waals surface area contributed by atoms with Gasteiger partial charge in [-0.15, -0.1) is 0 Å². The molecular weight excluding hydrogens is 186 g/mol. The van der Waals surface area contributed by atoms with Crippen molar-refractivity contribution in [3.8, 4) is 0 Å². The van der Waals surface area contributed by atoms with Crippen molar-refractivity contribution in [1.82, 2.24) is 9.55 Å². The fraction of sp³-hybridized carbons (Fsp3) is 0.750. The molecule has 0 aromatic carbocycles. The average molecular weight is 207 g/mol. The molecule has 1 saturated carbocycles. The van der Waals surface area contributed by atoms with E-state index in [4.69, 9.17) is 5.73 Å². The van der Waals surface area contributed by atoms with Gasteiger partial charge in [0.25, 0.3) is 0 Å². The van der Waals surface area contributed by atoms with E-state index in [1.807, 2.05) is 19.4 Å². The van der Waals surface area contributed by atoms with Gasteiger partial charge in [0.1, 0.15) is 0 Å². The highest BCUT2D eigenvalue weighted by Gasteiger charge is 2.32. The first-order valence-electron chi connectivity index (χ1n) is 5.88. The van der Waals surface area contributed by atoms with Gasteiger partial charge in [-0.25, -0.2) is 4.98 Å². The van der Waals surface area contributed by atoms with Crippen molar-refractivity contribution in [3.63, 3.8) is 0 Å². The van der Waals surface area contributed by atoms with Crippen LogP contribution in [0.25, 0.3) is 0 Å². The van der Waals surface area contributed by atoms with Crippen LogP contribution >= 0.6 is 0 Å². The van der Waals surface area contributed by atoms with Gasteiger partial charge < -0.3 is 10.3 Å². The summed E-state index contributed by atoms with van der Waals surface area (Å²) in [5.41, 5.74) is 7.11. The van der Waals surface area contributed by atoms with Gasteiger partial charge >= 0.3 is 0 Å². The second-order valence-electron chi connectivity index (χ2n) is 5.00. The average Bonchev–Trinajstić information content (AvgIpc) is 2.75. The van der Waals surface area contributed by atoms with Gasteiger partial charge in [0.2, 0.25) is 0 Å². The Labute approximate surface area is 91.7 Å². The van der Waals surface area contributed by atoms with E-state index in [1.165, 1.54) is 18.5 Å². The first kappa shape index (κ1) is 10.7. The van der Waals surface area contributed by atoms with E-state index in [-0.39, 0.29) is 6.04 Å². The first-order chi connectivity index (χ1) is 7.11. The van der Waals surface area contributed by atoms with Gasteiger partial charge in [-0.2, -0.15) is 0 Å². The van der Waals surface area contributed by atoms with E-state index in [1.54, 1.807) is 0 Å². The van der Waals surface area contributed by atoms with Gasteiger partial charge in [-0.3, -0.25) is 0 Å². The van der Waals surface area contributed by atoms with Gasteiger partial charge in [0, 0.05) is 18.3 Å². The van der Waals surface area contributed by atoms with Crippen LogP contribution in [0.5, 0.6) is 0 Å². The molecule has 4 atom stereocenters. The van der Waals surface area contributed by atoms with Gasteiger partial charge in [-0.05, 0) is 31.6 Å². The highest BCUT2D eigenvalue weighted by atomic mass is 15.1. The third kappa shape index (κ3) is 1.81. The van der Waals surface area contributed by atoms with E-state index < -0.39 is 0 Å². The summed E-state index contributed by atoms with van der Waals surface area (Å²) in [7, 11) is 0. The molecule has 0 bridgehead atoms. The SMILES string of the molecule is CC(N)c1cncn1C1CCC(C)C1C. The Morgan fingerprint density at radius 1 is 1.47 bits per heavy atom. The third-order valence-corrected chi connectivity index (χ3v) is 3.94. The van der Waals surface area contributed by atoms with Crippen molar-refractivity contribution in [2.75, 3.05) is 0 Å². The van der Waals surface area contributed by atoms with Crippen LogP contribution in [0.4, 0.5) is 0 Å². The lowest BCUT2D eigenvalue weighted by Gasteiger charge is -2.23. The third-order valence-electron chi connectivity index (χ3n) is 3.94. The van der Waals surface area contributed by atoms with E-state index >= 15 is 0 Å². The van der Waals surface area contributed by atoms with Gasteiger partial charge in [0.05, 0.1) is 12.0 Å². The molecule has 1 fully saturated rings. The second-order valence-corrected chi connectivity index (χ2v) is 5.00. The van der Waals surface area contributed by atoms with Crippen molar-refractivity contribution < 1.29 is 0 Å². The number of hydrogen-bond donors (Lipinski definition) is 1. The molecule has 15 heavy (non-hydrogen) atoms. The van der Waals surface area contributed by atoms with Crippen molar-refractivity contribution in [2.45, 2.75) is 45.7 Å². The number of hydrogen-bond acceptors (Lipinski definition) is 2. The van der Waals surface area contributed by atoms with Crippen LogP contribution in [0.2, 0.25) is 0 Å². The standard InChI is InChI=1S/C12H21N3/c1-8-4-5-11(9(8)2)15-7-14-6-12(15)10(3)13/h6-11H,4-5,13H2,1-3H3. The zero-order chi connectivity index (χ0) is 11.0. The predicted molar refractivity (Wildman–Crippen MR) is 61.4 cm³/mol. The number of rotatable bonds is 2. The number of imidazole rings is 1. The van der Waals surface area contributed by atoms with Crippen LogP contribution in [0.15, 0.2) is 12.5 Å². The molecule has 0 saturated heterocycles. The molecular formula is C12H21N3. The molecule has 0 aliphatic heterocycles. The largest absolute Gasteiger partial charge is 0.330 e. The summed E-state index contributed by atoms with van der Waals surface area (Å²) in [4.78, 5) is 4.23. The lowest BCUT2D eigenvalue weighted by molar-refractivity contribution is 0.344. The van der Waals surface area contributed by atoms with Crippen LogP contribution in [0, 0.1) is 11.8 Å². The Bertz CT molecular complexity index is 329. The monoisotopic (exact) mass is 207 g/mol. The van der Waals surface area contributed by atoms with Gasteiger partial charge in [-0.1, -0.05) is 13.8 Å². The Kier molecular flexibility index (Phi) is 2.83. The second kappa shape index (κ2) is 3.97. The lowest BCUT2D eigenvalue weighted by Crippen LogP contribution is -2.19. The van der Waals surface area contributed by atoms with Crippen LogP contribution in [0.1, 0.15) is 51.4 Å². The maximum absolute atomic E-state index is 5.95. The number of nitrogens with zero attached hydrogens (tertiary/aromatic N) is 2. The Morgan fingerprint density at radius 2 is 2.20 bits per heavy atom. The molecule has 1 aromatic heterocycles. The molecule has 0 amide bonds. The van der Waals surface area contributed by atoms with Crippen molar-refractivity contribution >= 4 is 0 Å². The maximum atomic E-state index is 5.95. The maximum Gasteiger partial charge on any atom is 0.0951 e. The van der Waals surface area contributed by atoms with E-state index in [0.29, 0.717) is 6.04 Å². The molecule has 1 aliphatic carbocycles. The summed E-state index contributed by atoms with van der Waals surface area (Å²) in [6.07, 6.45) is 6.43. The number of nitrogens with two attached hydrogens (primary N) is 1. The minimum Gasteiger partial charge on any atom is -0.330 e. The zero-order valence-corrected chi connectivity index (χ0v) is 9.85. The van der Waals surface area contributed by atoms with Crippen LogP contribution in [-0.2, 0) is 0 Å². The van der Waals surface area contributed by atoms with Gasteiger partial charge in [0.15, 0.2) is 0 Å². The van der Waals surface area contributed by atoms with E-state index in [2.05, 4.69) is 23.4 Å². The quantitative estimate of drug-likeness (QED) is 0.809. The molecule has 1 aliphatic rings. The summed E-state index contributed by atoms with van der Waals surface area (Å²) in [5.74, 6) is 1.55. The summed E-state index contributed by atoms with van der Waals surface area (Å²) in [5, 5.41) is 0. The highest BCUT2D eigenvalue weighted by Crippen LogP contribution is 2.40. The molecule has 1 aromatic rings. The van der Waals surface area contributed by atoms with E-state index in [0.717, 1.165) is 11.8 Å². The Hall–Kier alpha value is -0.830. The van der Waals surface area contributed by atoms with Crippen LogP contribution in [0.3, 0.4) is 0 Å². The van der Waals surface area contributed by atoms with Crippen molar-refractivity contribution in [3.05, 3.63) is 18.2 Å². The molecule has 0 radical (unpaired) electrons. The first-order valence-corrected chi connectivity index (χ1v) is 5.88. The lowest BCUT2D eigenvalue weighted by atomic mass is 9.97. The zero-order valence-electron chi connectivity index (χ0n) is 9.85. The topological polar surface area (TPSA) is 43.8 Å². The predicted octanol–water partition coefficient (Wildman–Crippen LogP) is 2.51. The van der Waals surface area contributed by atoms with Crippen LogP contribution < -0.4 is 5.73 Å². The van der Waals surface area contributed by atoms with E-state index in [9.17, 15) is 0 Å². The number of aromatic nitrogens is 2. The van der Waals surface area contributed by atoms with Crippen molar-refractivity contribution in [1.29, 1.82) is 0 Å². The molecule has 0 spiro atoms. The molecule has 3 heteroatoms. The molecule has 2 N–H and O–H groups in total. The molecule has 1 heterocycles. The fourth-order valence-electron chi connectivity index (χ4n) is 2.68. The molecule has 84 valence electrons. The Balaban J connectivity index is 2.26. The summed E-state index contributed by atoms with van der Waals surface area (Å²) in [6.45, 7) is 6.71. The summed E-state index contributed by atoms with van der Waals surface area (Å²) in [6, 6.07) is 0.680. The fourth-order valence-corrected chi connectivity index (χ4v) is 2.68. The van der Waals surface area contributed by atoms with Crippen LogP contribution in [-0.4, -0.2) is 9.55 Å². The molecule has 4 unspecified atom stereocenters. The normalized spacial score (nSPS) is 33.2. The Morgan fingerprint density at radius 3 is 2.73 bits per heavy atom. The molecule has 2 rings (SSSR count). The highest BCUT2D eigenvalue weighted by molar-refractivity contribution is 5.06. The smallest absolute Gasteiger partial charge is 0.0951 e. The minimum atomic E-state index is 0.0793. The summed E-state index contributed by atoms with van der Waals surface area (Å²) < 4.78 is 2.29. The minimum absolute atomic E-state index is 0.0793. The van der Waals surface area contributed by atoms with Crippen molar-refractivity contribution in [2.24, 2.45) is 17.6 Å². The molecule has 3 nitrogen and oxygen atoms in total.